The number of nitrogens with one attached hydrogen (secondary N) is 1. The topological polar surface area (TPSA) is 24.9 Å². The lowest BCUT2D eigenvalue weighted by Crippen LogP contribution is -2.21. The van der Waals surface area contributed by atoms with Gasteiger partial charge in [-0.05, 0) is 25.1 Å². The van der Waals surface area contributed by atoms with Crippen molar-refractivity contribution < 1.29 is 4.39 Å². The summed E-state index contributed by atoms with van der Waals surface area (Å²) in [4.78, 5) is 5.74. The van der Waals surface area contributed by atoms with Crippen molar-refractivity contribution in [1.29, 1.82) is 0 Å². The van der Waals surface area contributed by atoms with Gasteiger partial charge in [-0.15, -0.1) is 11.3 Å². The van der Waals surface area contributed by atoms with Crippen LogP contribution in [0.15, 0.2) is 22.7 Å². The zero-order chi connectivity index (χ0) is 14.0. The van der Waals surface area contributed by atoms with E-state index in [2.05, 4.69) is 40.1 Å². The Labute approximate surface area is 125 Å². The molecule has 0 saturated carbocycles. The van der Waals surface area contributed by atoms with Gasteiger partial charge < -0.3 is 5.32 Å². The Hall–Kier alpha value is -0.780. The second-order valence-corrected chi connectivity index (χ2v) is 6.63. The van der Waals surface area contributed by atoms with Gasteiger partial charge in [0.1, 0.15) is 10.8 Å². The third kappa shape index (κ3) is 3.61. The van der Waals surface area contributed by atoms with Crippen molar-refractivity contribution in [2.24, 2.45) is 0 Å². The minimum absolute atomic E-state index is 0.243. The molecule has 2 aromatic rings. The lowest BCUT2D eigenvalue weighted by molar-refractivity contribution is 0.591. The number of hydrogen-bond acceptors (Lipinski definition) is 3. The van der Waals surface area contributed by atoms with Gasteiger partial charge >= 0.3 is 0 Å². The second-order valence-electron chi connectivity index (χ2n) is 4.69. The van der Waals surface area contributed by atoms with Crippen LogP contribution in [-0.4, -0.2) is 11.0 Å². The van der Waals surface area contributed by atoms with Crippen LogP contribution < -0.4 is 5.32 Å². The Morgan fingerprint density at radius 2 is 2.16 bits per heavy atom. The molecule has 1 aromatic carbocycles. The van der Waals surface area contributed by atoms with E-state index < -0.39 is 0 Å². The summed E-state index contributed by atoms with van der Waals surface area (Å²) < 4.78 is 14.2. The summed E-state index contributed by atoms with van der Waals surface area (Å²) >= 11 is 5.05. The highest BCUT2D eigenvalue weighted by molar-refractivity contribution is 9.10. The van der Waals surface area contributed by atoms with Crippen molar-refractivity contribution in [2.45, 2.75) is 33.4 Å². The van der Waals surface area contributed by atoms with E-state index in [0.29, 0.717) is 6.04 Å². The fraction of sp³-hybridized carbons (Fsp3) is 0.357. The molecule has 5 heteroatoms. The Balaban J connectivity index is 2.31. The maximum atomic E-state index is 13.3. The highest BCUT2D eigenvalue weighted by atomic mass is 79.9. The first-order valence-electron chi connectivity index (χ1n) is 6.12. The first-order valence-corrected chi connectivity index (χ1v) is 7.73. The molecule has 1 heterocycles. The summed E-state index contributed by atoms with van der Waals surface area (Å²) in [5, 5.41) is 4.23. The van der Waals surface area contributed by atoms with E-state index >= 15 is 0 Å². The van der Waals surface area contributed by atoms with Gasteiger partial charge in [-0.25, -0.2) is 9.37 Å². The van der Waals surface area contributed by atoms with E-state index in [1.165, 1.54) is 17.0 Å². The monoisotopic (exact) mass is 342 g/mol. The van der Waals surface area contributed by atoms with Crippen LogP contribution in [0.5, 0.6) is 0 Å². The van der Waals surface area contributed by atoms with Gasteiger partial charge in [-0.3, -0.25) is 0 Å². The highest BCUT2D eigenvalue weighted by Gasteiger charge is 2.12. The molecule has 102 valence electrons. The molecule has 0 radical (unpaired) electrons. The standard InChI is InChI=1S/C14H16BrFN2S/c1-8(2)17-7-13-9(3)18-14(19-13)11-6-10(16)4-5-12(11)15/h4-6,8,17H,7H2,1-3H3. The van der Waals surface area contributed by atoms with E-state index in [0.717, 1.165) is 27.3 Å². The van der Waals surface area contributed by atoms with Crippen LogP contribution in [0, 0.1) is 12.7 Å². The van der Waals surface area contributed by atoms with Crippen molar-refractivity contribution in [1.82, 2.24) is 10.3 Å². The number of rotatable bonds is 4. The van der Waals surface area contributed by atoms with E-state index in [1.807, 2.05) is 6.92 Å². The van der Waals surface area contributed by atoms with Crippen molar-refractivity contribution >= 4 is 27.3 Å². The Kier molecular flexibility index (Phi) is 4.71. The average Bonchev–Trinajstić information content (AvgIpc) is 2.71. The summed E-state index contributed by atoms with van der Waals surface area (Å²) in [6.07, 6.45) is 0. The van der Waals surface area contributed by atoms with E-state index in [-0.39, 0.29) is 5.82 Å². The number of aryl methyl sites for hydroxylation is 1. The van der Waals surface area contributed by atoms with Crippen LogP contribution in [0.4, 0.5) is 4.39 Å². The van der Waals surface area contributed by atoms with Crippen LogP contribution in [-0.2, 0) is 6.54 Å². The van der Waals surface area contributed by atoms with Gasteiger partial charge in [0.25, 0.3) is 0 Å². The number of halogens is 2. The number of hydrogen-bond donors (Lipinski definition) is 1. The third-order valence-electron chi connectivity index (χ3n) is 2.72. The van der Waals surface area contributed by atoms with Gasteiger partial charge in [0.2, 0.25) is 0 Å². The van der Waals surface area contributed by atoms with Crippen LogP contribution in [0.1, 0.15) is 24.4 Å². The minimum Gasteiger partial charge on any atom is -0.310 e. The lowest BCUT2D eigenvalue weighted by atomic mass is 10.2. The largest absolute Gasteiger partial charge is 0.310 e. The molecule has 0 saturated heterocycles. The van der Waals surface area contributed by atoms with Crippen molar-refractivity contribution in [3.63, 3.8) is 0 Å². The van der Waals surface area contributed by atoms with Crippen LogP contribution in [0.2, 0.25) is 0 Å². The van der Waals surface area contributed by atoms with Gasteiger partial charge in [0.15, 0.2) is 0 Å². The zero-order valence-corrected chi connectivity index (χ0v) is 13.5. The van der Waals surface area contributed by atoms with E-state index in [1.54, 1.807) is 17.4 Å². The SMILES string of the molecule is Cc1nc(-c2cc(F)ccc2Br)sc1CNC(C)C. The molecule has 0 spiro atoms. The zero-order valence-electron chi connectivity index (χ0n) is 11.1. The van der Waals surface area contributed by atoms with Crippen molar-refractivity contribution in [3.05, 3.63) is 39.1 Å². The quantitative estimate of drug-likeness (QED) is 0.883. The fourth-order valence-corrected chi connectivity index (χ4v) is 3.27. The molecule has 0 fully saturated rings. The molecule has 0 bridgehead atoms. The number of nitrogens with zero attached hydrogens (tertiary/aromatic N) is 1. The molecule has 0 atom stereocenters. The van der Waals surface area contributed by atoms with Crippen molar-refractivity contribution in [3.8, 4) is 10.6 Å². The average molecular weight is 343 g/mol. The summed E-state index contributed by atoms with van der Waals surface area (Å²) in [5.74, 6) is -0.243. The number of thiazole rings is 1. The predicted octanol–water partition coefficient (Wildman–Crippen LogP) is 4.52. The molecular formula is C14H16BrFN2S. The highest BCUT2D eigenvalue weighted by Crippen LogP contribution is 2.33. The first kappa shape index (κ1) is 14.6. The van der Waals surface area contributed by atoms with E-state index in [9.17, 15) is 4.39 Å². The predicted molar refractivity (Wildman–Crippen MR) is 81.9 cm³/mol. The van der Waals surface area contributed by atoms with Crippen LogP contribution in [0.3, 0.4) is 0 Å². The number of benzene rings is 1. The number of aromatic nitrogens is 1. The summed E-state index contributed by atoms with van der Waals surface area (Å²) in [6.45, 7) is 7.01. The maximum Gasteiger partial charge on any atom is 0.125 e. The maximum absolute atomic E-state index is 13.3. The Morgan fingerprint density at radius 3 is 2.84 bits per heavy atom. The van der Waals surface area contributed by atoms with E-state index in [4.69, 9.17) is 0 Å². The molecule has 1 aromatic heterocycles. The minimum atomic E-state index is -0.243. The Morgan fingerprint density at radius 1 is 1.42 bits per heavy atom. The molecule has 0 aliphatic rings. The molecule has 2 rings (SSSR count). The molecular weight excluding hydrogens is 327 g/mol. The van der Waals surface area contributed by atoms with Crippen LogP contribution in [0.25, 0.3) is 10.6 Å². The van der Waals surface area contributed by atoms with Gasteiger partial charge in [0.05, 0.1) is 5.69 Å². The molecule has 0 unspecified atom stereocenters. The molecule has 0 amide bonds. The Bertz CT molecular complexity index is 581. The van der Waals surface area contributed by atoms with Crippen molar-refractivity contribution in [2.75, 3.05) is 0 Å². The molecule has 0 aliphatic carbocycles. The van der Waals surface area contributed by atoms with Gasteiger partial charge in [-0.1, -0.05) is 29.8 Å². The second kappa shape index (κ2) is 6.11. The third-order valence-corrected chi connectivity index (χ3v) is 4.60. The lowest BCUT2D eigenvalue weighted by Gasteiger charge is -2.05. The molecule has 0 aliphatic heterocycles. The van der Waals surface area contributed by atoms with Crippen LogP contribution >= 0.6 is 27.3 Å². The molecule has 2 nitrogen and oxygen atoms in total. The summed E-state index contributed by atoms with van der Waals surface area (Å²) in [7, 11) is 0. The first-order chi connectivity index (χ1) is 8.97. The molecule has 1 N–H and O–H groups in total. The summed E-state index contributed by atoms with van der Waals surface area (Å²) in [5.41, 5.74) is 1.81. The smallest absolute Gasteiger partial charge is 0.125 e. The molecule has 19 heavy (non-hydrogen) atoms. The van der Waals surface area contributed by atoms with Gasteiger partial charge in [0, 0.05) is 27.5 Å². The van der Waals surface area contributed by atoms with Gasteiger partial charge in [-0.2, -0.15) is 0 Å². The fourth-order valence-electron chi connectivity index (χ4n) is 1.67. The normalized spacial score (nSPS) is 11.3. The summed E-state index contributed by atoms with van der Waals surface area (Å²) in [6, 6.07) is 5.11.